The number of nitrogens with zero attached hydrogens (tertiary/aromatic N) is 1. The van der Waals surface area contributed by atoms with E-state index < -0.39 is 12.2 Å². The molecular weight excluding hydrogens is 190 g/mol. The maximum absolute atomic E-state index is 9.78. The number of rotatable bonds is 1. The predicted octanol–water partition coefficient (Wildman–Crippen LogP) is 1.01. The van der Waals surface area contributed by atoms with Crippen molar-refractivity contribution >= 4 is 5.69 Å². The van der Waals surface area contributed by atoms with E-state index in [2.05, 4.69) is 4.90 Å². The second kappa shape index (κ2) is 3.83. The number of hydrogen-bond acceptors (Lipinski definition) is 3. The van der Waals surface area contributed by atoms with Gasteiger partial charge in [-0.15, -0.1) is 0 Å². The van der Waals surface area contributed by atoms with Gasteiger partial charge in [0.15, 0.2) is 0 Å². The van der Waals surface area contributed by atoms with Crippen LogP contribution in [0.2, 0.25) is 0 Å². The van der Waals surface area contributed by atoms with E-state index in [-0.39, 0.29) is 12.1 Å². The standard InChI is InChI=1S/C12H17NO2/c1-8-11(14)12(15)9(2)13(8)10-6-4-3-5-7-10/h3-9,11-12,14-15H,1-2H3/t8?,9?,11-,12-/m1/s1. The van der Waals surface area contributed by atoms with Crippen molar-refractivity contribution in [3.8, 4) is 0 Å². The third-order valence-corrected chi connectivity index (χ3v) is 3.27. The number of aliphatic hydroxyl groups is 2. The third kappa shape index (κ3) is 1.62. The zero-order chi connectivity index (χ0) is 11.0. The van der Waals surface area contributed by atoms with E-state index >= 15 is 0 Å². The number of anilines is 1. The molecule has 0 saturated carbocycles. The van der Waals surface area contributed by atoms with Crippen LogP contribution in [-0.2, 0) is 0 Å². The van der Waals surface area contributed by atoms with Crippen molar-refractivity contribution in [3.05, 3.63) is 30.3 Å². The van der Waals surface area contributed by atoms with Gasteiger partial charge >= 0.3 is 0 Å². The van der Waals surface area contributed by atoms with Crippen molar-refractivity contribution in [3.63, 3.8) is 0 Å². The lowest BCUT2D eigenvalue weighted by molar-refractivity contribution is 0.0327. The van der Waals surface area contributed by atoms with Crippen LogP contribution in [0.1, 0.15) is 13.8 Å². The van der Waals surface area contributed by atoms with Crippen molar-refractivity contribution in [2.24, 2.45) is 0 Å². The average molecular weight is 207 g/mol. The van der Waals surface area contributed by atoms with Gasteiger partial charge in [-0.2, -0.15) is 0 Å². The molecule has 1 saturated heterocycles. The van der Waals surface area contributed by atoms with Crippen molar-refractivity contribution in [1.29, 1.82) is 0 Å². The molecule has 2 unspecified atom stereocenters. The molecule has 1 aromatic rings. The molecule has 0 spiro atoms. The number of para-hydroxylation sites is 1. The minimum atomic E-state index is -0.666. The van der Waals surface area contributed by atoms with Gasteiger partial charge in [0.2, 0.25) is 0 Å². The first-order valence-corrected chi connectivity index (χ1v) is 5.32. The van der Waals surface area contributed by atoms with Crippen LogP contribution in [0.25, 0.3) is 0 Å². The molecule has 0 aliphatic carbocycles. The van der Waals surface area contributed by atoms with Gasteiger partial charge in [0.05, 0.1) is 12.1 Å². The van der Waals surface area contributed by atoms with Crippen LogP contribution in [0.5, 0.6) is 0 Å². The highest BCUT2D eigenvalue weighted by Gasteiger charge is 2.42. The Hall–Kier alpha value is -1.06. The third-order valence-electron chi connectivity index (χ3n) is 3.27. The zero-order valence-electron chi connectivity index (χ0n) is 9.04. The second-order valence-corrected chi connectivity index (χ2v) is 4.21. The monoisotopic (exact) mass is 207 g/mol. The summed E-state index contributed by atoms with van der Waals surface area (Å²) in [5.74, 6) is 0. The lowest BCUT2D eigenvalue weighted by Crippen LogP contribution is -2.35. The number of hydrogen-bond donors (Lipinski definition) is 2. The van der Waals surface area contributed by atoms with Crippen molar-refractivity contribution in [2.75, 3.05) is 4.90 Å². The van der Waals surface area contributed by atoms with E-state index in [1.165, 1.54) is 0 Å². The normalized spacial score (nSPS) is 35.9. The zero-order valence-corrected chi connectivity index (χ0v) is 9.04. The Morgan fingerprint density at radius 1 is 0.933 bits per heavy atom. The van der Waals surface area contributed by atoms with Crippen LogP contribution in [-0.4, -0.2) is 34.5 Å². The summed E-state index contributed by atoms with van der Waals surface area (Å²) in [6, 6.07) is 9.80. The largest absolute Gasteiger partial charge is 0.388 e. The predicted molar refractivity (Wildman–Crippen MR) is 59.9 cm³/mol. The molecule has 15 heavy (non-hydrogen) atoms. The smallest absolute Gasteiger partial charge is 0.102 e. The Morgan fingerprint density at radius 2 is 1.40 bits per heavy atom. The van der Waals surface area contributed by atoms with Gasteiger partial charge in [0.1, 0.15) is 12.2 Å². The van der Waals surface area contributed by atoms with Crippen LogP contribution in [0.3, 0.4) is 0 Å². The summed E-state index contributed by atoms with van der Waals surface area (Å²) >= 11 is 0. The quantitative estimate of drug-likeness (QED) is 0.722. The average Bonchev–Trinajstić information content (AvgIpc) is 2.45. The molecule has 4 atom stereocenters. The molecule has 1 fully saturated rings. The summed E-state index contributed by atoms with van der Waals surface area (Å²) < 4.78 is 0. The Labute approximate surface area is 90.0 Å². The minimum absolute atomic E-state index is 0.0441. The van der Waals surface area contributed by atoms with Gasteiger partial charge in [0.25, 0.3) is 0 Å². The molecular formula is C12H17NO2. The Kier molecular flexibility index (Phi) is 2.67. The van der Waals surface area contributed by atoms with Crippen molar-refractivity contribution in [2.45, 2.75) is 38.1 Å². The lowest BCUT2D eigenvalue weighted by Gasteiger charge is -2.28. The first-order chi connectivity index (χ1) is 7.13. The van der Waals surface area contributed by atoms with Gasteiger partial charge in [-0.1, -0.05) is 18.2 Å². The summed E-state index contributed by atoms with van der Waals surface area (Å²) in [6.07, 6.45) is -1.33. The molecule has 3 nitrogen and oxygen atoms in total. The molecule has 0 bridgehead atoms. The van der Waals surface area contributed by atoms with Gasteiger partial charge < -0.3 is 15.1 Å². The Bertz CT molecular complexity index is 314. The molecule has 0 amide bonds. The molecule has 1 heterocycles. The first kappa shape index (κ1) is 10.5. The van der Waals surface area contributed by atoms with E-state index in [1.54, 1.807) is 0 Å². The van der Waals surface area contributed by atoms with E-state index in [0.29, 0.717) is 0 Å². The molecule has 0 radical (unpaired) electrons. The molecule has 1 aromatic carbocycles. The van der Waals surface area contributed by atoms with E-state index in [4.69, 9.17) is 0 Å². The highest BCUT2D eigenvalue weighted by Crippen LogP contribution is 2.30. The van der Waals surface area contributed by atoms with Crippen molar-refractivity contribution < 1.29 is 10.2 Å². The fraction of sp³-hybridized carbons (Fsp3) is 0.500. The van der Waals surface area contributed by atoms with Gasteiger partial charge in [-0.05, 0) is 26.0 Å². The Balaban J connectivity index is 2.30. The van der Waals surface area contributed by atoms with E-state index in [9.17, 15) is 10.2 Å². The lowest BCUT2D eigenvalue weighted by atomic mass is 10.1. The van der Waals surface area contributed by atoms with E-state index in [1.807, 2.05) is 44.2 Å². The summed E-state index contributed by atoms with van der Waals surface area (Å²) in [7, 11) is 0. The van der Waals surface area contributed by atoms with Crippen LogP contribution in [0.15, 0.2) is 30.3 Å². The molecule has 82 valence electrons. The van der Waals surface area contributed by atoms with Gasteiger partial charge in [-0.3, -0.25) is 0 Å². The van der Waals surface area contributed by atoms with Crippen LogP contribution in [0.4, 0.5) is 5.69 Å². The van der Waals surface area contributed by atoms with Crippen LogP contribution in [0, 0.1) is 0 Å². The maximum atomic E-state index is 9.78. The minimum Gasteiger partial charge on any atom is -0.388 e. The summed E-state index contributed by atoms with van der Waals surface area (Å²) in [5.41, 5.74) is 1.05. The SMILES string of the molecule is CC1[C@@H](O)[C@H](O)C(C)N1c1ccccc1. The Morgan fingerprint density at radius 3 is 1.87 bits per heavy atom. The van der Waals surface area contributed by atoms with Gasteiger partial charge in [0, 0.05) is 5.69 Å². The highest BCUT2D eigenvalue weighted by molar-refractivity contribution is 5.50. The van der Waals surface area contributed by atoms with Gasteiger partial charge in [-0.25, -0.2) is 0 Å². The van der Waals surface area contributed by atoms with Crippen LogP contribution < -0.4 is 4.90 Å². The highest BCUT2D eigenvalue weighted by atomic mass is 16.3. The maximum Gasteiger partial charge on any atom is 0.102 e. The molecule has 0 aromatic heterocycles. The molecule has 2 rings (SSSR count). The van der Waals surface area contributed by atoms with E-state index in [0.717, 1.165) is 5.69 Å². The number of aliphatic hydroxyl groups excluding tert-OH is 2. The van der Waals surface area contributed by atoms with Crippen molar-refractivity contribution in [1.82, 2.24) is 0 Å². The molecule has 3 heteroatoms. The molecule has 1 aliphatic rings. The second-order valence-electron chi connectivity index (χ2n) is 4.21. The summed E-state index contributed by atoms with van der Waals surface area (Å²) in [6.45, 7) is 3.87. The fourth-order valence-electron chi connectivity index (χ4n) is 2.34. The molecule has 1 aliphatic heterocycles. The molecule has 2 N–H and O–H groups in total. The van der Waals surface area contributed by atoms with Crippen LogP contribution >= 0.6 is 0 Å². The topological polar surface area (TPSA) is 43.7 Å². The number of benzene rings is 1. The fourth-order valence-corrected chi connectivity index (χ4v) is 2.34. The first-order valence-electron chi connectivity index (χ1n) is 5.32. The summed E-state index contributed by atoms with van der Waals surface area (Å²) in [4.78, 5) is 2.06. The summed E-state index contributed by atoms with van der Waals surface area (Å²) in [5, 5.41) is 19.6.